The molecule has 10 heteroatoms. The lowest BCUT2D eigenvalue weighted by atomic mass is 10.0. The molecule has 1 fully saturated rings. The number of nitrogens with one attached hydrogen (secondary N) is 3. The van der Waals surface area contributed by atoms with Crippen LogP contribution in [-0.2, 0) is 9.59 Å². The quantitative estimate of drug-likeness (QED) is 0.588. The van der Waals surface area contributed by atoms with Gasteiger partial charge in [0.15, 0.2) is 5.17 Å². The van der Waals surface area contributed by atoms with Crippen LogP contribution in [0.3, 0.4) is 0 Å². The smallest absolute Gasteiger partial charge is 0.241 e. The molecule has 1 saturated heterocycles. The Balaban J connectivity index is 1.48. The first kappa shape index (κ1) is 22.1. The molecule has 0 spiro atoms. The number of amidine groups is 1. The molecule has 2 atom stereocenters. The molecule has 4 rings (SSSR count). The molecule has 2 aliphatic heterocycles. The highest BCUT2D eigenvalue weighted by Crippen LogP contribution is 2.30. The number of hydrazine groups is 1. The number of fused-ring (bicyclic) bond motifs is 1. The topological polar surface area (TPSA) is 104 Å². The number of anilines is 2. The van der Waals surface area contributed by atoms with Crippen molar-refractivity contribution in [3.8, 4) is 11.5 Å². The normalized spacial score (nSPS) is 19.9. The van der Waals surface area contributed by atoms with Crippen LogP contribution >= 0.6 is 11.8 Å². The monoisotopic (exact) mass is 455 g/mol. The number of ether oxygens (including phenoxy) is 2. The lowest BCUT2D eigenvalue weighted by Crippen LogP contribution is -2.49. The largest absolute Gasteiger partial charge is 0.497 e. The second-order valence-electron chi connectivity index (χ2n) is 7.15. The third-order valence-corrected chi connectivity index (χ3v) is 6.00. The molecule has 32 heavy (non-hydrogen) atoms. The summed E-state index contributed by atoms with van der Waals surface area (Å²) in [5, 5.41) is 3.32. The Kier molecular flexibility index (Phi) is 6.93. The Morgan fingerprint density at radius 1 is 1.19 bits per heavy atom. The molecule has 0 saturated carbocycles. The van der Waals surface area contributed by atoms with Gasteiger partial charge < -0.3 is 14.8 Å². The molecule has 0 radical (unpaired) electrons. The Labute approximate surface area is 190 Å². The first-order valence-electron chi connectivity index (χ1n) is 10.3. The number of carbonyl (C=O) groups excluding carboxylic acids is 2. The van der Waals surface area contributed by atoms with E-state index in [9.17, 15) is 9.59 Å². The van der Waals surface area contributed by atoms with E-state index < -0.39 is 0 Å². The van der Waals surface area contributed by atoms with Crippen LogP contribution in [0, 0.1) is 5.92 Å². The van der Waals surface area contributed by atoms with E-state index in [1.807, 2.05) is 31.2 Å². The maximum Gasteiger partial charge on any atom is 0.241 e. The van der Waals surface area contributed by atoms with Gasteiger partial charge in [0.2, 0.25) is 11.8 Å². The van der Waals surface area contributed by atoms with E-state index in [0.717, 1.165) is 5.75 Å². The van der Waals surface area contributed by atoms with E-state index in [0.29, 0.717) is 35.4 Å². The second kappa shape index (κ2) is 10.0. The molecule has 2 aliphatic rings. The molecule has 3 N–H and O–H groups in total. The Morgan fingerprint density at radius 2 is 1.91 bits per heavy atom. The molecule has 9 nitrogen and oxygen atoms in total. The van der Waals surface area contributed by atoms with Crippen molar-refractivity contribution in [2.45, 2.75) is 13.1 Å². The number of methoxy groups -OCH3 is 1. The fourth-order valence-electron chi connectivity index (χ4n) is 3.47. The zero-order valence-electron chi connectivity index (χ0n) is 17.8. The number of amides is 2. The SMILES string of the molecule is CCOc1ccc(N2C(=O)C3CNNC3N=C2SCC(=O)Nc2ccc(OC)cc2)cc1. The minimum atomic E-state index is -0.353. The molecule has 0 aromatic heterocycles. The maximum atomic E-state index is 13.2. The average Bonchev–Trinajstić information content (AvgIpc) is 3.28. The minimum absolute atomic E-state index is 0.0651. The molecule has 2 unspecified atom stereocenters. The van der Waals surface area contributed by atoms with Crippen LogP contribution in [0.5, 0.6) is 11.5 Å². The van der Waals surface area contributed by atoms with Crippen molar-refractivity contribution in [3.05, 3.63) is 48.5 Å². The van der Waals surface area contributed by atoms with Gasteiger partial charge in [-0.2, -0.15) is 0 Å². The zero-order valence-corrected chi connectivity index (χ0v) is 18.6. The molecular weight excluding hydrogens is 430 g/mol. The predicted octanol–water partition coefficient (Wildman–Crippen LogP) is 2.22. The molecule has 2 heterocycles. The van der Waals surface area contributed by atoms with E-state index in [2.05, 4.69) is 16.2 Å². The van der Waals surface area contributed by atoms with Crippen molar-refractivity contribution in [3.63, 3.8) is 0 Å². The van der Waals surface area contributed by atoms with E-state index in [1.165, 1.54) is 11.8 Å². The van der Waals surface area contributed by atoms with Crippen LogP contribution in [-0.4, -0.2) is 49.2 Å². The molecule has 2 aromatic rings. The second-order valence-corrected chi connectivity index (χ2v) is 8.10. The summed E-state index contributed by atoms with van der Waals surface area (Å²) in [6.45, 7) is 2.98. The Morgan fingerprint density at radius 3 is 2.59 bits per heavy atom. The number of rotatable bonds is 7. The van der Waals surface area contributed by atoms with Crippen LogP contribution in [0.2, 0.25) is 0 Å². The van der Waals surface area contributed by atoms with Crippen LogP contribution in [0.4, 0.5) is 11.4 Å². The van der Waals surface area contributed by atoms with E-state index in [4.69, 9.17) is 14.5 Å². The first-order chi connectivity index (χ1) is 15.6. The number of hydrogen-bond donors (Lipinski definition) is 3. The van der Waals surface area contributed by atoms with Gasteiger partial charge in [0, 0.05) is 12.2 Å². The highest BCUT2D eigenvalue weighted by molar-refractivity contribution is 8.14. The Hall–Kier alpha value is -3.08. The van der Waals surface area contributed by atoms with Crippen molar-refractivity contribution in [1.82, 2.24) is 10.9 Å². The van der Waals surface area contributed by atoms with E-state index >= 15 is 0 Å². The van der Waals surface area contributed by atoms with Gasteiger partial charge in [0.25, 0.3) is 0 Å². The number of thioether (sulfide) groups is 1. The summed E-state index contributed by atoms with van der Waals surface area (Å²) in [6.07, 6.45) is -0.353. The van der Waals surface area contributed by atoms with Crippen molar-refractivity contribution >= 4 is 40.1 Å². The van der Waals surface area contributed by atoms with Crippen molar-refractivity contribution in [1.29, 1.82) is 0 Å². The van der Waals surface area contributed by atoms with Gasteiger partial charge >= 0.3 is 0 Å². The number of benzene rings is 2. The third-order valence-electron chi connectivity index (χ3n) is 5.04. The van der Waals surface area contributed by atoms with Crippen molar-refractivity contribution in [2.75, 3.05) is 36.2 Å². The van der Waals surface area contributed by atoms with E-state index in [1.54, 1.807) is 36.3 Å². The molecule has 168 valence electrons. The summed E-state index contributed by atoms with van der Waals surface area (Å²) in [4.78, 5) is 32.0. The van der Waals surface area contributed by atoms with Gasteiger partial charge in [-0.1, -0.05) is 11.8 Å². The number of aliphatic imine (C=N–C) groups is 1. The van der Waals surface area contributed by atoms with Crippen LogP contribution in [0.25, 0.3) is 0 Å². The lowest BCUT2D eigenvalue weighted by Gasteiger charge is -2.32. The molecule has 0 bridgehead atoms. The number of hydrogen-bond acceptors (Lipinski definition) is 8. The average molecular weight is 456 g/mol. The van der Waals surface area contributed by atoms with Gasteiger partial charge in [-0.15, -0.1) is 0 Å². The molecule has 2 amide bonds. The van der Waals surface area contributed by atoms with Gasteiger partial charge in [-0.05, 0) is 55.5 Å². The summed E-state index contributed by atoms with van der Waals surface area (Å²) in [5.74, 6) is 0.986. The fraction of sp³-hybridized carbons (Fsp3) is 0.318. The van der Waals surface area contributed by atoms with Gasteiger partial charge in [0.1, 0.15) is 17.7 Å². The van der Waals surface area contributed by atoms with Crippen molar-refractivity contribution < 1.29 is 19.1 Å². The molecule has 0 aliphatic carbocycles. The van der Waals surface area contributed by atoms with E-state index in [-0.39, 0.29) is 29.7 Å². The predicted molar refractivity (Wildman–Crippen MR) is 125 cm³/mol. The number of carbonyl (C=O) groups is 2. The Bertz CT molecular complexity index is 996. The number of nitrogens with zero attached hydrogens (tertiary/aromatic N) is 2. The first-order valence-corrected chi connectivity index (χ1v) is 11.3. The van der Waals surface area contributed by atoms with Crippen LogP contribution in [0.1, 0.15) is 6.92 Å². The summed E-state index contributed by atoms with van der Waals surface area (Å²) < 4.78 is 10.6. The zero-order chi connectivity index (χ0) is 22.5. The lowest BCUT2D eigenvalue weighted by molar-refractivity contribution is -0.121. The third kappa shape index (κ3) is 4.87. The molecular formula is C22H25N5O4S. The molecule has 2 aromatic carbocycles. The standard InChI is InChI=1S/C22H25N5O4S/c1-3-31-17-10-6-15(7-11-17)27-21(29)18-12-23-26-20(18)25-22(27)32-13-19(28)24-14-4-8-16(30-2)9-5-14/h4-11,18,20,23,26H,3,12-13H2,1-2H3,(H,24,28). The maximum absolute atomic E-state index is 13.2. The van der Waals surface area contributed by atoms with Crippen LogP contribution < -0.4 is 30.5 Å². The van der Waals surface area contributed by atoms with Gasteiger partial charge in [-0.3, -0.25) is 19.9 Å². The minimum Gasteiger partial charge on any atom is -0.497 e. The summed E-state index contributed by atoms with van der Waals surface area (Å²) in [7, 11) is 1.59. The van der Waals surface area contributed by atoms with Gasteiger partial charge in [-0.25, -0.2) is 10.4 Å². The highest BCUT2D eigenvalue weighted by Gasteiger charge is 2.42. The van der Waals surface area contributed by atoms with Gasteiger partial charge in [0.05, 0.1) is 31.1 Å². The van der Waals surface area contributed by atoms with Crippen LogP contribution in [0.15, 0.2) is 53.5 Å². The van der Waals surface area contributed by atoms with Crippen molar-refractivity contribution in [2.24, 2.45) is 10.9 Å². The summed E-state index contributed by atoms with van der Waals surface area (Å²) in [6, 6.07) is 14.4. The highest BCUT2D eigenvalue weighted by atomic mass is 32.2. The fourth-order valence-corrected chi connectivity index (χ4v) is 4.31. The summed E-state index contributed by atoms with van der Waals surface area (Å²) >= 11 is 1.22. The summed E-state index contributed by atoms with van der Waals surface area (Å²) in [5.41, 5.74) is 7.38.